The minimum absolute atomic E-state index is 0.258. The predicted octanol–water partition coefficient (Wildman–Crippen LogP) is 4.33. The quantitative estimate of drug-likeness (QED) is 0.259. The first-order valence-electron chi connectivity index (χ1n) is 10.0. The van der Waals surface area contributed by atoms with Crippen LogP contribution < -0.4 is 19.6 Å². The summed E-state index contributed by atoms with van der Waals surface area (Å²) in [7, 11) is 2.80. The molecule has 9 heteroatoms. The SMILES string of the molecule is CCOc1cc(/C=N\NC(=O)c2cc3ccccc3cc2OC)cc(Br)c1OCC(=O)OC. The van der Waals surface area contributed by atoms with Gasteiger partial charge < -0.3 is 18.9 Å². The molecular weight excluding hydrogens is 492 g/mol. The molecule has 0 aliphatic rings. The zero-order valence-electron chi connectivity index (χ0n) is 18.4. The molecule has 0 radical (unpaired) electrons. The summed E-state index contributed by atoms with van der Waals surface area (Å²) in [4.78, 5) is 24.1. The summed E-state index contributed by atoms with van der Waals surface area (Å²) < 4.78 is 21.7. The van der Waals surface area contributed by atoms with Crippen LogP contribution in [0.4, 0.5) is 0 Å². The number of hydrogen-bond donors (Lipinski definition) is 1. The van der Waals surface area contributed by atoms with E-state index >= 15 is 0 Å². The van der Waals surface area contributed by atoms with Gasteiger partial charge in [0.25, 0.3) is 5.91 Å². The number of rotatable bonds is 9. The van der Waals surface area contributed by atoms with Gasteiger partial charge in [0.1, 0.15) is 5.75 Å². The number of hydrazone groups is 1. The van der Waals surface area contributed by atoms with Crippen molar-refractivity contribution in [2.24, 2.45) is 5.10 Å². The van der Waals surface area contributed by atoms with E-state index < -0.39 is 11.9 Å². The Labute approximate surface area is 199 Å². The Morgan fingerprint density at radius 1 is 1.03 bits per heavy atom. The van der Waals surface area contributed by atoms with Crippen LogP contribution in [-0.2, 0) is 9.53 Å². The number of halogens is 1. The third-order valence-electron chi connectivity index (χ3n) is 4.59. The van der Waals surface area contributed by atoms with Crippen molar-refractivity contribution in [3.63, 3.8) is 0 Å². The molecule has 0 aliphatic heterocycles. The fraction of sp³-hybridized carbons (Fsp3) is 0.208. The minimum Gasteiger partial charge on any atom is -0.496 e. The average Bonchev–Trinajstić information content (AvgIpc) is 2.82. The largest absolute Gasteiger partial charge is 0.496 e. The van der Waals surface area contributed by atoms with Crippen molar-refractivity contribution in [1.29, 1.82) is 0 Å². The van der Waals surface area contributed by atoms with Crippen molar-refractivity contribution in [1.82, 2.24) is 5.43 Å². The molecule has 0 atom stereocenters. The van der Waals surface area contributed by atoms with E-state index in [1.54, 1.807) is 18.2 Å². The molecule has 0 saturated carbocycles. The van der Waals surface area contributed by atoms with Gasteiger partial charge in [-0.1, -0.05) is 24.3 Å². The highest BCUT2D eigenvalue weighted by Crippen LogP contribution is 2.36. The summed E-state index contributed by atoms with van der Waals surface area (Å²) >= 11 is 3.42. The fourth-order valence-electron chi connectivity index (χ4n) is 3.05. The van der Waals surface area contributed by atoms with E-state index in [9.17, 15) is 9.59 Å². The van der Waals surface area contributed by atoms with E-state index in [-0.39, 0.29) is 6.61 Å². The molecule has 33 heavy (non-hydrogen) atoms. The third kappa shape index (κ3) is 6.01. The predicted molar refractivity (Wildman–Crippen MR) is 128 cm³/mol. The number of benzene rings is 3. The van der Waals surface area contributed by atoms with E-state index in [0.29, 0.717) is 39.5 Å². The highest BCUT2D eigenvalue weighted by molar-refractivity contribution is 9.10. The van der Waals surface area contributed by atoms with Gasteiger partial charge in [-0.05, 0) is 63.5 Å². The number of amides is 1. The summed E-state index contributed by atoms with van der Waals surface area (Å²) in [6.45, 7) is 1.96. The number of carbonyl (C=O) groups is 2. The molecule has 3 aromatic rings. The smallest absolute Gasteiger partial charge is 0.343 e. The number of nitrogens with one attached hydrogen (secondary N) is 1. The number of methoxy groups -OCH3 is 2. The summed E-state index contributed by atoms with van der Waals surface area (Å²) in [6.07, 6.45) is 1.47. The number of hydrogen-bond acceptors (Lipinski definition) is 7. The molecule has 0 saturated heterocycles. The molecule has 3 aromatic carbocycles. The van der Waals surface area contributed by atoms with Gasteiger partial charge >= 0.3 is 5.97 Å². The Kier molecular flexibility index (Phi) is 8.26. The van der Waals surface area contributed by atoms with Gasteiger partial charge in [-0.2, -0.15) is 5.10 Å². The van der Waals surface area contributed by atoms with Crippen molar-refractivity contribution in [3.8, 4) is 17.2 Å². The fourth-order valence-corrected chi connectivity index (χ4v) is 3.62. The van der Waals surface area contributed by atoms with Crippen molar-refractivity contribution in [3.05, 3.63) is 64.1 Å². The Bertz CT molecular complexity index is 1200. The molecular formula is C24H23BrN2O6. The van der Waals surface area contributed by atoms with Crippen LogP contribution in [0.5, 0.6) is 17.2 Å². The van der Waals surface area contributed by atoms with Crippen LogP contribution in [-0.4, -0.2) is 45.5 Å². The molecule has 0 unspecified atom stereocenters. The first-order valence-corrected chi connectivity index (χ1v) is 10.8. The standard InChI is InChI=1S/C24H23BrN2O6/c1-4-32-21-10-15(9-19(25)23(21)33-14-22(28)31-3)13-26-27-24(29)18-11-16-7-5-6-8-17(16)12-20(18)30-2/h5-13H,4,14H2,1-3H3,(H,27,29)/b26-13-. The lowest BCUT2D eigenvalue weighted by Crippen LogP contribution is -2.18. The van der Waals surface area contributed by atoms with Gasteiger partial charge in [-0.3, -0.25) is 4.79 Å². The van der Waals surface area contributed by atoms with Crippen LogP contribution in [0.25, 0.3) is 10.8 Å². The second-order valence-electron chi connectivity index (χ2n) is 6.73. The van der Waals surface area contributed by atoms with Gasteiger partial charge in [-0.25, -0.2) is 10.2 Å². The maximum Gasteiger partial charge on any atom is 0.343 e. The lowest BCUT2D eigenvalue weighted by atomic mass is 10.1. The third-order valence-corrected chi connectivity index (χ3v) is 5.17. The Hall–Kier alpha value is -3.59. The van der Waals surface area contributed by atoms with Crippen molar-refractivity contribution in [2.75, 3.05) is 27.4 Å². The topological polar surface area (TPSA) is 95.5 Å². The number of fused-ring (bicyclic) bond motifs is 1. The van der Waals surface area contributed by atoms with E-state index in [1.807, 2.05) is 37.3 Å². The number of carbonyl (C=O) groups excluding carboxylic acids is 2. The Morgan fingerprint density at radius 3 is 2.42 bits per heavy atom. The second kappa shape index (κ2) is 11.3. The van der Waals surface area contributed by atoms with E-state index in [0.717, 1.165) is 10.8 Å². The molecule has 1 amide bonds. The summed E-state index contributed by atoms with van der Waals surface area (Å²) in [6, 6.07) is 14.7. The molecule has 0 aromatic heterocycles. The van der Waals surface area contributed by atoms with E-state index in [2.05, 4.69) is 31.2 Å². The highest BCUT2D eigenvalue weighted by Gasteiger charge is 2.15. The first-order chi connectivity index (χ1) is 16.0. The average molecular weight is 515 g/mol. The Balaban J connectivity index is 1.78. The van der Waals surface area contributed by atoms with Crippen LogP contribution in [0.15, 0.2) is 58.1 Å². The number of ether oxygens (including phenoxy) is 4. The van der Waals surface area contributed by atoms with Gasteiger partial charge in [0.05, 0.1) is 37.1 Å². The van der Waals surface area contributed by atoms with Gasteiger partial charge in [0.2, 0.25) is 0 Å². The molecule has 0 aliphatic carbocycles. The molecule has 0 heterocycles. The summed E-state index contributed by atoms with van der Waals surface area (Å²) in [5.41, 5.74) is 3.53. The van der Waals surface area contributed by atoms with Crippen LogP contribution in [0.1, 0.15) is 22.8 Å². The molecule has 8 nitrogen and oxygen atoms in total. The molecule has 0 fully saturated rings. The van der Waals surface area contributed by atoms with Gasteiger partial charge in [-0.15, -0.1) is 0 Å². The second-order valence-corrected chi connectivity index (χ2v) is 7.58. The molecule has 1 N–H and O–H groups in total. The monoisotopic (exact) mass is 514 g/mol. The minimum atomic E-state index is -0.512. The van der Waals surface area contributed by atoms with E-state index in [1.165, 1.54) is 20.4 Å². The zero-order valence-corrected chi connectivity index (χ0v) is 20.0. The van der Waals surface area contributed by atoms with Crippen LogP contribution in [0, 0.1) is 0 Å². The summed E-state index contributed by atoms with van der Waals surface area (Å²) in [5, 5.41) is 5.95. The molecule has 0 spiro atoms. The van der Waals surface area contributed by atoms with Crippen LogP contribution >= 0.6 is 15.9 Å². The van der Waals surface area contributed by atoms with Crippen molar-refractivity contribution in [2.45, 2.75) is 6.92 Å². The van der Waals surface area contributed by atoms with Crippen molar-refractivity contribution >= 4 is 44.8 Å². The zero-order chi connectivity index (χ0) is 23.8. The maximum atomic E-state index is 12.7. The van der Waals surface area contributed by atoms with Gasteiger partial charge in [0.15, 0.2) is 18.1 Å². The lowest BCUT2D eigenvalue weighted by molar-refractivity contribution is -0.142. The lowest BCUT2D eigenvalue weighted by Gasteiger charge is -2.14. The van der Waals surface area contributed by atoms with Crippen LogP contribution in [0.3, 0.4) is 0 Å². The van der Waals surface area contributed by atoms with Crippen molar-refractivity contribution < 1.29 is 28.5 Å². The number of nitrogens with zero attached hydrogens (tertiary/aromatic N) is 1. The first kappa shape index (κ1) is 24.1. The van der Waals surface area contributed by atoms with E-state index in [4.69, 9.17) is 14.2 Å². The maximum absolute atomic E-state index is 12.7. The summed E-state index contributed by atoms with van der Waals surface area (Å²) in [5.74, 6) is 0.316. The number of esters is 1. The molecule has 3 rings (SSSR count). The Morgan fingerprint density at radius 2 is 1.76 bits per heavy atom. The molecule has 172 valence electrons. The normalized spacial score (nSPS) is 10.8. The van der Waals surface area contributed by atoms with Gasteiger partial charge in [0, 0.05) is 0 Å². The molecule has 0 bridgehead atoms. The van der Waals surface area contributed by atoms with Crippen LogP contribution in [0.2, 0.25) is 0 Å². The highest BCUT2D eigenvalue weighted by atomic mass is 79.9.